The van der Waals surface area contributed by atoms with Gasteiger partial charge in [-0.25, -0.2) is 0 Å². The lowest BCUT2D eigenvalue weighted by Crippen LogP contribution is -2.21. The van der Waals surface area contributed by atoms with Crippen molar-refractivity contribution in [2.45, 2.75) is 52.9 Å². The van der Waals surface area contributed by atoms with E-state index in [-0.39, 0.29) is 0 Å². The molecule has 0 fully saturated rings. The lowest BCUT2D eigenvalue weighted by atomic mass is 9.89. The standard InChI is InChI=1S/C28H40N2O/c1-7-19-29-27-18-15-22(8-2)20-26(27)23(9-3)13-12-14-24-16-17-25(21-28(24)31-6)30(10-4)11-5/h7,12,14-18,20-21,23,29H,1,8-11,13,19H2,2-6H3/b14-12+. The summed E-state index contributed by atoms with van der Waals surface area (Å²) in [6.45, 7) is 15.5. The van der Waals surface area contributed by atoms with Gasteiger partial charge in [0.1, 0.15) is 5.75 Å². The summed E-state index contributed by atoms with van der Waals surface area (Å²) in [5, 5.41) is 3.52. The molecule has 1 atom stereocenters. The average molecular weight is 421 g/mol. The zero-order chi connectivity index (χ0) is 22.6. The van der Waals surface area contributed by atoms with Crippen LogP contribution in [0.2, 0.25) is 0 Å². The maximum atomic E-state index is 5.69. The van der Waals surface area contributed by atoms with Crippen LogP contribution in [0.4, 0.5) is 11.4 Å². The van der Waals surface area contributed by atoms with E-state index < -0.39 is 0 Å². The number of nitrogens with one attached hydrogen (secondary N) is 1. The molecule has 0 spiro atoms. The van der Waals surface area contributed by atoms with Crippen molar-refractivity contribution in [3.63, 3.8) is 0 Å². The van der Waals surface area contributed by atoms with Gasteiger partial charge < -0.3 is 15.0 Å². The van der Waals surface area contributed by atoms with E-state index in [1.54, 1.807) is 7.11 Å². The maximum Gasteiger partial charge on any atom is 0.128 e. The van der Waals surface area contributed by atoms with Crippen LogP contribution in [0.25, 0.3) is 6.08 Å². The van der Waals surface area contributed by atoms with E-state index in [1.807, 2.05) is 6.08 Å². The normalized spacial score (nSPS) is 12.0. The van der Waals surface area contributed by atoms with E-state index >= 15 is 0 Å². The Balaban J connectivity index is 2.23. The first kappa shape index (κ1) is 24.6. The fourth-order valence-electron chi connectivity index (χ4n) is 4.01. The summed E-state index contributed by atoms with van der Waals surface area (Å²) in [4.78, 5) is 2.33. The SMILES string of the molecule is C=CCNc1ccc(CC)cc1C(CC)C/C=C/c1ccc(N(CC)CC)cc1OC. The number of benzene rings is 2. The number of hydrogen-bond acceptors (Lipinski definition) is 3. The molecular weight excluding hydrogens is 380 g/mol. The molecule has 0 aromatic heterocycles. The van der Waals surface area contributed by atoms with E-state index in [0.717, 1.165) is 50.2 Å². The summed E-state index contributed by atoms with van der Waals surface area (Å²) in [5.74, 6) is 1.39. The molecule has 2 rings (SSSR count). The quantitative estimate of drug-likeness (QED) is 0.344. The second-order valence-electron chi connectivity index (χ2n) is 7.79. The largest absolute Gasteiger partial charge is 0.496 e. The summed E-state index contributed by atoms with van der Waals surface area (Å²) < 4.78 is 5.69. The van der Waals surface area contributed by atoms with Crippen molar-refractivity contribution in [1.82, 2.24) is 0 Å². The number of anilines is 2. The van der Waals surface area contributed by atoms with Gasteiger partial charge in [0.15, 0.2) is 0 Å². The molecule has 0 saturated carbocycles. The third-order valence-electron chi connectivity index (χ3n) is 5.96. The topological polar surface area (TPSA) is 24.5 Å². The smallest absolute Gasteiger partial charge is 0.128 e. The van der Waals surface area contributed by atoms with Gasteiger partial charge in [-0.05, 0) is 68.4 Å². The Bertz CT molecular complexity index is 852. The zero-order valence-electron chi connectivity index (χ0n) is 20.1. The number of nitrogens with zero attached hydrogens (tertiary/aromatic N) is 1. The molecule has 0 saturated heterocycles. The minimum atomic E-state index is 0.469. The van der Waals surface area contributed by atoms with Crippen molar-refractivity contribution in [2.24, 2.45) is 0 Å². The van der Waals surface area contributed by atoms with E-state index in [9.17, 15) is 0 Å². The molecule has 2 aromatic carbocycles. The van der Waals surface area contributed by atoms with Gasteiger partial charge in [0.2, 0.25) is 0 Å². The highest BCUT2D eigenvalue weighted by Crippen LogP contribution is 2.33. The molecular formula is C28H40N2O. The summed E-state index contributed by atoms with van der Waals surface area (Å²) in [6, 6.07) is 13.3. The first-order chi connectivity index (χ1) is 15.1. The Morgan fingerprint density at radius 2 is 1.84 bits per heavy atom. The van der Waals surface area contributed by atoms with Crippen molar-refractivity contribution < 1.29 is 4.74 Å². The van der Waals surface area contributed by atoms with Gasteiger partial charge >= 0.3 is 0 Å². The van der Waals surface area contributed by atoms with Gasteiger partial charge in [-0.1, -0.05) is 44.2 Å². The van der Waals surface area contributed by atoms with Crippen LogP contribution in [0, 0.1) is 0 Å². The van der Waals surface area contributed by atoms with Crippen LogP contribution in [0.3, 0.4) is 0 Å². The molecule has 31 heavy (non-hydrogen) atoms. The summed E-state index contributed by atoms with van der Waals surface area (Å²) in [5.41, 5.74) is 6.34. The molecule has 0 heterocycles. The highest BCUT2D eigenvalue weighted by atomic mass is 16.5. The summed E-state index contributed by atoms with van der Waals surface area (Å²) in [7, 11) is 1.75. The first-order valence-electron chi connectivity index (χ1n) is 11.7. The molecule has 1 unspecified atom stereocenters. The van der Waals surface area contributed by atoms with E-state index in [4.69, 9.17) is 4.74 Å². The van der Waals surface area contributed by atoms with Crippen molar-refractivity contribution >= 4 is 17.5 Å². The highest BCUT2D eigenvalue weighted by Gasteiger charge is 2.14. The molecule has 0 aliphatic carbocycles. The van der Waals surface area contributed by atoms with Gasteiger partial charge in [0.05, 0.1) is 7.11 Å². The fourth-order valence-corrected chi connectivity index (χ4v) is 4.01. The van der Waals surface area contributed by atoms with Crippen LogP contribution < -0.4 is 15.0 Å². The molecule has 3 heteroatoms. The molecule has 0 aliphatic rings. The van der Waals surface area contributed by atoms with E-state index in [1.165, 1.54) is 22.5 Å². The number of ether oxygens (including phenoxy) is 1. The Morgan fingerprint density at radius 1 is 1.06 bits per heavy atom. The predicted molar refractivity (Wildman–Crippen MR) is 138 cm³/mol. The third-order valence-corrected chi connectivity index (χ3v) is 5.96. The van der Waals surface area contributed by atoms with Crippen LogP contribution in [-0.2, 0) is 6.42 Å². The molecule has 168 valence electrons. The van der Waals surface area contributed by atoms with Crippen molar-refractivity contribution in [3.8, 4) is 5.75 Å². The minimum Gasteiger partial charge on any atom is -0.496 e. The molecule has 2 aromatic rings. The van der Waals surface area contributed by atoms with Crippen LogP contribution in [0.5, 0.6) is 5.75 Å². The fraction of sp³-hybridized carbons (Fsp3) is 0.429. The van der Waals surface area contributed by atoms with E-state index in [2.05, 4.69) is 93.0 Å². The van der Waals surface area contributed by atoms with Crippen molar-refractivity contribution in [3.05, 3.63) is 71.8 Å². The summed E-state index contributed by atoms with van der Waals surface area (Å²) >= 11 is 0. The second kappa shape index (κ2) is 12.9. The second-order valence-corrected chi connectivity index (χ2v) is 7.79. The van der Waals surface area contributed by atoms with Gasteiger partial charge in [-0.2, -0.15) is 0 Å². The summed E-state index contributed by atoms with van der Waals surface area (Å²) in [6.07, 6.45) is 9.54. The van der Waals surface area contributed by atoms with Crippen LogP contribution >= 0.6 is 0 Å². The Kier molecular flexibility index (Phi) is 10.2. The Hall–Kier alpha value is -2.68. The maximum absolute atomic E-state index is 5.69. The Labute approximate surface area is 189 Å². The molecule has 0 amide bonds. The number of methoxy groups -OCH3 is 1. The number of aryl methyl sites for hydroxylation is 1. The van der Waals surface area contributed by atoms with Crippen molar-refractivity contribution in [2.75, 3.05) is 37.0 Å². The first-order valence-corrected chi connectivity index (χ1v) is 11.7. The number of allylic oxidation sites excluding steroid dienone is 1. The van der Waals surface area contributed by atoms with Crippen molar-refractivity contribution in [1.29, 1.82) is 0 Å². The highest BCUT2D eigenvalue weighted by molar-refractivity contribution is 5.64. The van der Waals surface area contributed by atoms with E-state index in [0.29, 0.717) is 5.92 Å². The van der Waals surface area contributed by atoms with Gasteiger partial charge in [-0.3, -0.25) is 0 Å². The molecule has 3 nitrogen and oxygen atoms in total. The number of rotatable bonds is 13. The molecule has 0 aliphatic heterocycles. The lowest BCUT2D eigenvalue weighted by molar-refractivity contribution is 0.414. The Morgan fingerprint density at radius 3 is 2.45 bits per heavy atom. The van der Waals surface area contributed by atoms with Crippen LogP contribution in [0.1, 0.15) is 63.1 Å². The zero-order valence-corrected chi connectivity index (χ0v) is 20.1. The molecule has 1 N–H and O–H groups in total. The number of hydrogen-bond donors (Lipinski definition) is 1. The average Bonchev–Trinajstić information content (AvgIpc) is 2.81. The monoisotopic (exact) mass is 420 g/mol. The third kappa shape index (κ3) is 6.65. The molecule has 0 radical (unpaired) electrons. The minimum absolute atomic E-state index is 0.469. The van der Waals surface area contributed by atoms with Gasteiger partial charge in [0, 0.05) is 42.6 Å². The predicted octanol–water partition coefficient (Wildman–Crippen LogP) is 7.30. The van der Waals surface area contributed by atoms with Gasteiger partial charge in [0.25, 0.3) is 0 Å². The van der Waals surface area contributed by atoms with Gasteiger partial charge in [-0.15, -0.1) is 6.58 Å². The molecule has 0 bridgehead atoms. The van der Waals surface area contributed by atoms with Crippen LogP contribution in [-0.4, -0.2) is 26.7 Å². The lowest BCUT2D eigenvalue weighted by Gasteiger charge is -2.22. The van der Waals surface area contributed by atoms with Crippen LogP contribution in [0.15, 0.2) is 55.1 Å².